The van der Waals surface area contributed by atoms with E-state index in [9.17, 15) is 10.2 Å². The van der Waals surface area contributed by atoms with Crippen molar-refractivity contribution in [1.29, 1.82) is 0 Å². The Morgan fingerprint density at radius 2 is 1.94 bits per heavy atom. The Hall–Kier alpha value is -1.10. The Bertz CT molecular complexity index is 362. The summed E-state index contributed by atoms with van der Waals surface area (Å²) in [6.45, 7) is 1.10. The molecule has 2 rings (SSSR count). The highest BCUT2D eigenvalue weighted by Crippen LogP contribution is 2.33. The summed E-state index contributed by atoms with van der Waals surface area (Å²) in [4.78, 5) is 0. The number of ether oxygens (including phenoxy) is 1. The van der Waals surface area contributed by atoms with Crippen LogP contribution in [0.3, 0.4) is 0 Å². The van der Waals surface area contributed by atoms with E-state index in [4.69, 9.17) is 4.74 Å². The maximum absolute atomic E-state index is 9.76. The van der Waals surface area contributed by atoms with Gasteiger partial charge in [0, 0.05) is 13.1 Å². The first-order valence-corrected chi connectivity index (χ1v) is 6.40. The van der Waals surface area contributed by atoms with E-state index in [-0.39, 0.29) is 0 Å². The number of hydrogen-bond donors (Lipinski definition) is 3. The molecule has 0 radical (unpaired) electrons. The average molecular weight is 251 g/mol. The van der Waals surface area contributed by atoms with E-state index in [2.05, 4.69) is 5.32 Å². The highest BCUT2D eigenvalue weighted by atomic mass is 16.5. The maximum atomic E-state index is 9.76. The van der Waals surface area contributed by atoms with Gasteiger partial charge in [-0.25, -0.2) is 0 Å². The van der Waals surface area contributed by atoms with Crippen molar-refractivity contribution in [2.45, 2.75) is 31.6 Å². The van der Waals surface area contributed by atoms with Gasteiger partial charge in [0.25, 0.3) is 0 Å². The first kappa shape index (κ1) is 13.3. The molecule has 0 aliphatic heterocycles. The minimum atomic E-state index is -0.671. The van der Waals surface area contributed by atoms with Gasteiger partial charge in [0.05, 0.1) is 19.3 Å². The minimum Gasteiger partial charge on any atom is -0.497 e. The van der Waals surface area contributed by atoms with Crippen LogP contribution in [0, 0.1) is 5.92 Å². The van der Waals surface area contributed by atoms with Crippen molar-refractivity contribution in [3.05, 3.63) is 29.8 Å². The summed E-state index contributed by atoms with van der Waals surface area (Å²) in [5.41, 5.74) is 1.13. The first-order chi connectivity index (χ1) is 8.70. The Kier molecular flexibility index (Phi) is 4.58. The molecule has 0 heterocycles. The van der Waals surface area contributed by atoms with Gasteiger partial charge in [-0.05, 0) is 36.5 Å². The number of hydrogen-bond acceptors (Lipinski definition) is 4. The van der Waals surface area contributed by atoms with Crippen LogP contribution >= 0.6 is 0 Å². The van der Waals surface area contributed by atoms with Crippen LogP contribution in [0.4, 0.5) is 0 Å². The molecule has 18 heavy (non-hydrogen) atoms. The van der Waals surface area contributed by atoms with Crippen molar-refractivity contribution in [2.75, 3.05) is 13.7 Å². The Morgan fingerprint density at radius 3 is 2.50 bits per heavy atom. The van der Waals surface area contributed by atoms with E-state index in [0.29, 0.717) is 19.0 Å². The van der Waals surface area contributed by atoms with Gasteiger partial charge in [-0.2, -0.15) is 0 Å². The summed E-state index contributed by atoms with van der Waals surface area (Å²) >= 11 is 0. The van der Waals surface area contributed by atoms with E-state index in [1.165, 1.54) is 0 Å². The number of rotatable bonds is 7. The van der Waals surface area contributed by atoms with Gasteiger partial charge in [0.2, 0.25) is 0 Å². The van der Waals surface area contributed by atoms with E-state index in [1.54, 1.807) is 7.11 Å². The van der Waals surface area contributed by atoms with Crippen molar-refractivity contribution in [3.8, 4) is 5.75 Å². The lowest BCUT2D eigenvalue weighted by Crippen LogP contribution is -2.37. The van der Waals surface area contributed by atoms with Crippen LogP contribution in [0.15, 0.2) is 24.3 Å². The molecule has 0 bridgehead atoms. The molecule has 1 fully saturated rings. The van der Waals surface area contributed by atoms with Gasteiger partial charge in [0.15, 0.2) is 0 Å². The summed E-state index contributed by atoms with van der Waals surface area (Å²) in [7, 11) is 1.64. The molecule has 3 N–H and O–H groups in total. The van der Waals surface area contributed by atoms with Gasteiger partial charge in [-0.1, -0.05) is 12.1 Å². The third-order valence-corrected chi connectivity index (χ3v) is 3.34. The zero-order valence-electron chi connectivity index (χ0n) is 10.7. The molecular formula is C14H21NO3. The predicted octanol–water partition coefficient (Wildman–Crippen LogP) is 0.917. The molecule has 1 aromatic rings. The highest BCUT2D eigenvalue weighted by Gasteiger charge is 2.34. The van der Waals surface area contributed by atoms with Crippen molar-refractivity contribution < 1.29 is 14.9 Å². The number of aliphatic hydroxyl groups is 2. The lowest BCUT2D eigenvalue weighted by Gasteiger charge is -2.17. The molecule has 4 heteroatoms. The number of benzene rings is 1. The van der Waals surface area contributed by atoms with Gasteiger partial charge < -0.3 is 20.3 Å². The fraction of sp³-hybridized carbons (Fsp3) is 0.571. The lowest BCUT2D eigenvalue weighted by atomic mass is 10.1. The average Bonchev–Trinajstić information content (AvgIpc) is 3.23. The lowest BCUT2D eigenvalue weighted by molar-refractivity contribution is 0.00685. The first-order valence-electron chi connectivity index (χ1n) is 6.40. The Morgan fingerprint density at radius 1 is 1.28 bits per heavy atom. The second kappa shape index (κ2) is 6.18. The predicted molar refractivity (Wildman–Crippen MR) is 69.4 cm³/mol. The topological polar surface area (TPSA) is 61.7 Å². The van der Waals surface area contributed by atoms with Crippen molar-refractivity contribution in [3.63, 3.8) is 0 Å². The van der Waals surface area contributed by atoms with Crippen LogP contribution in [0.25, 0.3) is 0 Å². The van der Waals surface area contributed by atoms with Gasteiger partial charge in [0.1, 0.15) is 5.75 Å². The van der Waals surface area contributed by atoms with Crippen LogP contribution in [0.5, 0.6) is 5.75 Å². The highest BCUT2D eigenvalue weighted by molar-refractivity contribution is 5.26. The molecule has 0 saturated heterocycles. The monoisotopic (exact) mass is 251 g/mol. The summed E-state index contributed by atoms with van der Waals surface area (Å²) in [6.07, 6.45) is 0.831. The van der Waals surface area contributed by atoms with E-state index >= 15 is 0 Å². The third-order valence-electron chi connectivity index (χ3n) is 3.34. The summed E-state index contributed by atoms with van der Waals surface area (Å²) < 4.78 is 5.08. The summed E-state index contributed by atoms with van der Waals surface area (Å²) in [5.74, 6) is 1.14. The van der Waals surface area contributed by atoms with E-state index in [0.717, 1.165) is 24.2 Å². The molecule has 2 atom stereocenters. The zero-order chi connectivity index (χ0) is 13.0. The minimum absolute atomic E-state index is 0.308. The van der Waals surface area contributed by atoms with Crippen LogP contribution in [0.1, 0.15) is 18.4 Å². The van der Waals surface area contributed by atoms with Crippen molar-refractivity contribution >= 4 is 0 Å². The van der Waals surface area contributed by atoms with Gasteiger partial charge >= 0.3 is 0 Å². The van der Waals surface area contributed by atoms with Gasteiger partial charge in [-0.3, -0.25) is 0 Å². The summed E-state index contributed by atoms with van der Waals surface area (Å²) in [5, 5.41) is 22.6. The fourth-order valence-electron chi connectivity index (χ4n) is 1.98. The smallest absolute Gasteiger partial charge is 0.118 e. The normalized spacial score (nSPS) is 18.4. The van der Waals surface area contributed by atoms with Crippen molar-refractivity contribution in [1.82, 2.24) is 5.32 Å². The molecule has 0 spiro atoms. The maximum Gasteiger partial charge on any atom is 0.118 e. The molecule has 0 unspecified atom stereocenters. The molecule has 1 aromatic carbocycles. The number of nitrogens with one attached hydrogen (secondary N) is 1. The molecule has 1 aliphatic rings. The SMILES string of the molecule is COc1ccc(CNC[C@@H](O)[C@@H](O)C2CC2)cc1. The van der Waals surface area contributed by atoms with Crippen LogP contribution < -0.4 is 10.1 Å². The Balaban J connectivity index is 1.70. The van der Waals surface area contributed by atoms with E-state index in [1.807, 2.05) is 24.3 Å². The second-order valence-corrected chi connectivity index (χ2v) is 4.87. The number of methoxy groups -OCH3 is 1. The fourth-order valence-corrected chi connectivity index (χ4v) is 1.98. The van der Waals surface area contributed by atoms with E-state index < -0.39 is 12.2 Å². The molecule has 0 aromatic heterocycles. The van der Waals surface area contributed by atoms with Crippen LogP contribution in [-0.2, 0) is 6.54 Å². The molecule has 1 aliphatic carbocycles. The Labute approximate surface area is 108 Å². The third kappa shape index (κ3) is 3.70. The van der Waals surface area contributed by atoms with Crippen molar-refractivity contribution in [2.24, 2.45) is 5.92 Å². The summed E-state index contributed by atoms with van der Waals surface area (Å²) in [6, 6.07) is 7.78. The number of aliphatic hydroxyl groups excluding tert-OH is 2. The van der Waals surface area contributed by atoms with Crippen LogP contribution in [0.2, 0.25) is 0 Å². The molecular weight excluding hydrogens is 230 g/mol. The zero-order valence-corrected chi connectivity index (χ0v) is 10.7. The second-order valence-electron chi connectivity index (χ2n) is 4.87. The largest absolute Gasteiger partial charge is 0.497 e. The molecule has 4 nitrogen and oxygen atoms in total. The standard InChI is InChI=1S/C14H21NO3/c1-18-12-6-2-10(3-7-12)8-15-9-13(16)14(17)11-4-5-11/h2-3,6-7,11,13-17H,4-5,8-9H2,1H3/t13-,14+/m1/s1. The molecule has 100 valence electrons. The molecule has 0 amide bonds. The molecule has 1 saturated carbocycles. The van der Waals surface area contributed by atoms with Crippen LogP contribution in [-0.4, -0.2) is 36.1 Å². The van der Waals surface area contributed by atoms with Gasteiger partial charge in [-0.15, -0.1) is 0 Å². The quantitative estimate of drug-likeness (QED) is 0.674.